The smallest absolute Gasteiger partial charge is 0.326 e. The zero-order chi connectivity index (χ0) is 13.0. The van der Waals surface area contributed by atoms with Crippen LogP contribution in [0.4, 0.5) is 5.69 Å². The first-order valence-corrected chi connectivity index (χ1v) is 5.31. The molecule has 0 saturated carbocycles. The molecule has 0 spiro atoms. The third-order valence-electron chi connectivity index (χ3n) is 2.37. The molecule has 5 heteroatoms. The van der Waals surface area contributed by atoms with Crippen molar-refractivity contribution >= 4 is 17.6 Å². The van der Waals surface area contributed by atoms with Crippen LogP contribution < -0.4 is 11.1 Å². The van der Waals surface area contributed by atoms with E-state index in [4.69, 9.17) is 10.8 Å². The maximum absolute atomic E-state index is 11.8. The molecule has 0 aromatic heterocycles. The van der Waals surface area contributed by atoms with Crippen molar-refractivity contribution < 1.29 is 14.7 Å². The highest BCUT2D eigenvalue weighted by molar-refractivity contribution is 5.97. The fourth-order valence-corrected chi connectivity index (χ4v) is 1.42. The molecule has 1 atom stereocenters. The van der Waals surface area contributed by atoms with E-state index in [0.717, 1.165) is 0 Å². The van der Waals surface area contributed by atoms with Crippen molar-refractivity contribution in [1.82, 2.24) is 5.32 Å². The lowest BCUT2D eigenvalue weighted by Gasteiger charge is -2.17. The van der Waals surface area contributed by atoms with Crippen LogP contribution in [0.2, 0.25) is 0 Å². The summed E-state index contributed by atoms with van der Waals surface area (Å²) in [5.74, 6) is -1.66. The standard InChI is InChI=1S/C12H16N2O3/c1-7(2)10(12(16)17)14-11(15)8-4-3-5-9(13)6-8/h3-7,10H,13H2,1-2H3,(H,14,15)(H,16,17). The van der Waals surface area contributed by atoms with E-state index in [1.807, 2.05) is 0 Å². The van der Waals surface area contributed by atoms with Crippen molar-refractivity contribution in [3.63, 3.8) is 0 Å². The Morgan fingerprint density at radius 3 is 2.47 bits per heavy atom. The van der Waals surface area contributed by atoms with Gasteiger partial charge in [0.05, 0.1) is 0 Å². The van der Waals surface area contributed by atoms with Gasteiger partial charge in [-0.05, 0) is 24.1 Å². The van der Waals surface area contributed by atoms with Crippen molar-refractivity contribution in [2.45, 2.75) is 19.9 Å². The summed E-state index contributed by atoms with van der Waals surface area (Å²) in [6.45, 7) is 3.47. The number of nitrogens with one attached hydrogen (secondary N) is 1. The summed E-state index contributed by atoms with van der Waals surface area (Å²) in [6, 6.07) is 5.51. The molecule has 92 valence electrons. The van der Waals surface area contributed by atoms with Gasteiger partial charge in [-0.2, -0.15) is 0 Å². The van der Waals surface area contributed by atoms with Crippen molar-refractivity contribution in [3.8, 4) is 0 Å². The van der Waals surface area contributed by atoms with E-state index in [1.165, 1.54) is 6.07 Å². The Hall–Kier alpha value is -2.04. The van der Waals surface area contributed by atoms with E-state index >= 15 is 0 Å². The van der Waals surface area contributed by atoms with E-state index in [-0.39, 0.29) is 5.92 Å². The van der Waals surface area contributed by atoms with E-state index in [9.17, 15) is 9.59 Å². The summed E-state index contributed by atoms with van der Waals surface area (Å²) in [5.41, 5.74) is 6.38. The molecule has 0 aliphatic carbocycles. The number of benzene rings is 1. The Labute approximate surface area is 99.6 Å². The number of hydrogen-bond acceptors (Lipinski definition) is 3. The molecule has 1 amide bonds. The molecular formula is C12H16N2O3. The van der Waals surface area contributed by atoms with Crippen LogP contribution in [0.5, 0.6) is 0 Å². The van der Waals surface area contributed by atoms with Crippen LogP contribution in [0.3, 0.4) is 0 Å². The van der Waals surface area contributed by atoms with Crippen LogP contribution in [-0.4, -0.2) is 23.0 Å². The zero-order valence-electron chi connectivity index (χ0n) is 9.81. The first-order valence-electron chi connectivity index (χ1n) is 5.31. The average molecular weight is 236 g/mol. The second kappa shape index (κ2) is 5.34. The predicted octanol–water partition coefficient (Wildman–Crippen LogP) is 1.11. The minimum Gasteiger partial charge on any atom is -0.480 e. The van der Waals surface area contributed by atoms with Crippen molar-refractivity contribution in [1.29, 1.82) is 0 Å². The number of carboxylic acid groups (broad SMARTS) is 1. The average Bonchev–Trinajstić information content (AvgIpc) is 2.24. The number of nitrogens with two attached hydrogens (primary N) is 1. The van der Waals surface area contributed by atoms with E-state index in [2.05, 4.69) is 5.32 Å². The molecule has 0 aliphatic rings. The molecule has 0 fully saturated rings. The second-order valence-electron chi connectivity index (χ2n) is 4.16. The van der Waals surface area contributed by atoms with Gasteiger partial charge in [0.15, 0.2) is 0 Å². The molecule has 5 nitrogen and oxygen atoms in total. The Balaban J connectivity index is 2.81. The molecule has 1 aromatic rings. The number of anilines is 1. The van der Waals surface area contributed by atoms with Gasteiger partial charge in [0, 0.05) is 11.3 Å². The van der Waals surface area contributed by atoms with Crippen LogP contribution in [-0.2, 0) is 4.79 Å². The maximum atomic E-state index is 11.8. The summed E-state index contributed by atoms with van der Waals surface area (Å²) in [5, 5.41) is 11.4. The monoisotopic (exact) mass is 236 g/mol. The number of amides is 1. The molecule has 0 heterocycles. The summed E-state index contributed by atoms with van der Waals surface area (Å²) in [7, 11) is 0. The number of carbonyl (C=O) groups excluding carboxylic acids is 1. The number of rotatable bonds is 4. The van der Waals surface area contributed by atoms with Crippen LogP contribution >= 0.6 is 0 Å². The molecule has 0 bridgehead atoms. The third-order valence-corrected chi connectivity index (χ3v) is 2.37. The van der Waals surface area contributed by atoms with Gasteiger partial charge in [-0.3, -0.25) is 4.79 Å². The first-order chi connectivity index (χ1) is 7.91. The van der Waals surface area contributed by atoms with Gasteiger partial charge in [-0.15, -0.1) is 0 Å². The lowest BCUT2D eigenvalue weighted by atomic mass is 10.0. The predicted molar refractivity (Wildman–Crippen MR) is 64.6 cm³/mol. The van der Waals surface area contributed by atoms with Crippen molar-refractivity contribution in [2.75, 3.05) is 5.73 Å². The Bertz CT molecular complexity index is 430. The molecular weight excluding hydrogens is 220 g/mol. The summed E-state index contributed by atoms with van der Waals surface area (Å²) in [6.07, 6.45) is 0. The highest BCUT2D eigenvalue weighted by atomic mass is 16.4. The first kappa shape index (κ1) is 13.0. The van der Waals surface area contributed by atoms with Gasteiger partial charge in [0.2, 0.25) is 0 Å². The Kier molecular flexibility index (Phi) is 4.09. The van der Waals surface area contributed by atoms with E-state index in [1.54, 1.807) is 32.0 Å². The van der Waals surface area contributed by atoms with Gasteiger partial charge in [0.1, 0.15) is 6.04 Å². The van der Waals surface area contributed by atoms with Crippen molar-refractivity contribution in [2.24, 2.45) is 5.92 Å². The van der Waals surface area contributed by atoms with Crippen LogP contribution in [0.25, 0.3) is 0 Å². The molecule has 0 aliphatic heterocycles. The topological polar surface area (TPSA) is 92.4 Å². The quantitative estimate of drug-likeness (QED) is 0.683. The molecule has 1 aromatic carbocycles. The summed E-state index contributed by atoms with van der Waals surface area (Å²) in [4.78, 5) is 22.7. The Morgan fingerprint density at radius 1 is 1.35 bits per heavy atom. The molecule has 0 radical (unpaired) electrons. The second-order valence-corrected chi connectivity index (χ2v) is 4.16. The lowest BCUT2D eigenvalue weighted by Crippen LogP contribution is -2.44. The molecule has 1 unspecified atom stereocenters. The fraction of sp³-hybridized carbons (Fsp3) is 0.333. The highest BCUT2D eigenvalue weighted by Gasteiger charge is 2.23. The molecule has 17 heavy (non-hydrogen) atoms. The largest absolute Gasteiger partial charge is 0.480 e. The maximum Gasteiger partial charge on any atom is 0.326 e. The number of carbonyl (C=O) groups is 2. The van der Waals surface area contributed by atoms with Crippen LogP contribution in [0, 0.1) is 5.92 Å². The van der Waals surface area contributed by atoms with Crippen LogP contribution in [0.1, 0.15) is 24.2 Å². The lowest BCUT2D eigenvalue weighted by molar-refractivity contribution is -0.140. The normalized spacial score (nSPS) is 12.2. The SMILES string of the molecule is CC(C)C(NC(=O)c1cccc(N)c1)C(=O)O. The number of aliphatic carboxylic acids is 1. The summed E-state index contributed by atoms with van der Waals surface area (Å²) < 4.78 is 0. The molecule has 0 saturated heterocycles. The van der Waals surface area contributed by atoms with Crippen molar-refractivity contribution in [3.05, 3.63) is 29.8 Å². The fourth-order valence-electron chi connectivity index (χ4n) is 1.42. The summed E-state index contributed by atoms with van der Waals surface area (Å²) >= 11 is 0. The number of nitrogen functional groups attached to an aromatic ring is 1. The van der Waals surface area contributed by atoms with Crippen LogP contribution in [0.15, 0.2) is 24.3 Å². The highest BCUT2D eigenvalue weighted by Crippen LogP contribution is 2.08. The van der Waals surface area contributed by atoms with Gasteiger partial charge >= 0.3 is 5.97 Å². The molecule has 1 rings (SSSR count). The number of carboxylic acids is 1. The van der Waals surface area contributed by atoms with Gasteiger partial charge in [-0.1, -0.05) is 19.9 Å². The van der Waals surface area contributed by atoms with E-state index < -0.39 is 17.9 Å². The van der Waals surface area contributed by atoms with Gasteiger partial charge < -0.3 is 16.2 Å². The zero-order valence-corrected chi connectivity index (χ0v) is 9.81. The molecule has 4 N–H and O–H groups in total. The van der Waals surface area contributed by atoms with Gasteiger partial charge in [0.25, 0.3) is 5.91 Å². The van der Waals surface area contributed by atoms with E-state index in [0.29, 0.717) is 11.3 Å². The minimum absolute atomic E-state index is 0.183. The minimum atomic E-state index is -1.04. The number of hydrogen-bond donors (Lipinski definition) is 3. The Morgan fingerprint density at radius 2 is 2.00 bits per heavy atom. The van der Waals surface area contributed by atoms with Gasteiger partial charge in [-0.25, -0.2) is 4.79 Å². The third kappa shape index (κ3) is 3.48.